The van der Waals surface area contributed by atoms with Gasteiger partial charge in [0.1, 0.15) is 12.1 Å². The molecule has 5 heteroatoms. The number of aliphatic hydroxyl groups is 1. The fourth-order valence-electron chi connectivity index (χ4n) is 3.26. The Morgan fingerprint density at radius 2 is 2.20 bits per heavy atom. The molecule has 2 fully saturated rings. The summed E-state index contributed by atoms with van der Waals surface area (Å²) in [4.78, 5) is 10.9. The van der Waals surface area contributed by atoms with Crippen LogP contribution in [0.25, 0.3) is 0 Å². The van der Waals surface area contributed by atoms with Crippen LogP contribution in [0.5, 0.6) is 0 Å². The summed E-state index contributed by atoms with van der Waals surface area (Å²) < 4.78 is 5.94. The maximum Gasteiger partial charge on any atom is 0.132 e. The molecule has 0 amide bonds. The summed E-state index contributed by atoms with van der Waals surface area (Å²) >= 11 is 0. The molecule has 2 aliphatic heterocycles. The van der Waals surface area contributed by atoms with Crippen molar-refractivity contribution in [2.24, 2.45) is 0 Å². The monoisotopic (exact) mass is 277 g/mol. The van der Waals surface area contributed by atoms with Gasteiger partial charge in [-0.15, -0.1) is 0 Å². The van der Waals surface area contributed by atoms with Crippen molar-refractivity contribution in [3.63, 3.8) is 0 Å². The molecule has 3 heterocycles. The maximum absolute atomic E-state index is 10.3. The molecular weight excluding hydrogens is 254 g/mol. The molecule has 2 aliphatic rings. The third kappa shape index (κ3) is 2.52. The van der Waals surface area contributed by atoms with Gasteiger partial charge in [0.15, 0.2) is 0 Å². The molecule has 1 aromatic heterocycles. The Morgan fingerprint density at radius 1 is 1.40 bits per heavy atom. The normalized spacial score (nSPS) is 25.9. The lowest BCUT2D eigenvalue weighted by molar-refractivity contribution is -0.164. The number of rotatable bonds is 2. The van der Waals surface area contributed by atoms with E-state index < -0.39 is 0 Å². The summed E-state index contributed by atoms with van der Waals surface area (Å²) in [6.07, 6.45) is 5.85. The molecule has 0 bridgehead atoms. The van der Waals surface area contributed by atoms with Crippen molar-refractivity contribution < 1.29 is 9.84 Å². The second-order valence-corrected chi connectivity index (χ2v) is 5.78. The Kier molecular flexibility index (Phi) is 3.89. The van der Waals surface area contributed by atoms with Crippen molar-refractivity contribution >= 4 is 5.82 Å². The molecule has 2 saturated heterocycles. The maximum atomic E-state index is 10.3. The second kappa shape index (κ2) is 5.66. The molecule has 1 atom stereocenters. The third-order valence-corrected chi connectivity index (χ3v) is 4.62. The van der Waals surface area contributed by atoms with Crippen LogP contribution >= 0.6 is 0 Å². The number of hydrogen-bond acceptors (Lipinski definition) is 5. The van der Waals surface area contributed by atoms with Gasteiger partial charge in [-0.05, 0) is 32.1 Å². The van der Waals surface area contributed by atoms with Crippen LogP contribution in [0.4, 0.5) is 5.82 Å². The summed E-state index contributed by atoms with van der Waals surface area (Å²) in [7, 11) is 0. The molecule has 1 spiro atoms. The topological polar surface area (TPSA) is 58.5 Å². The Morgan fingerprint density at radius 3 is 2.90 bits per heavy atom. The van der Waals surface area contributed by atoms with E-state index in [0.717, 1.165) is 63.3 Å². The highest BCUT2D eigenvalue weighted by Crippen LogP contribution is 2.36. The first-order valence-corrected chi connectivity index (χ1v) is 7.61. The first-order chi connectivity index (χ1) is 9.73. The third-order valence-electron chi connectivity index (χ3n) is 4.62. The highest BCUT2D eigenvalue weighted by Gasteiger charge is 2.43. The molecule has 0 aromatic carbocycles. The first-order valence-electron chi connectivity index (χ1n) is 7.61. The van der Waals surface area contributed by atoms with Crippen molar-refractivity contribution in [3.8, 4) is 0 Å². The van der Waals surface area contributed by atoms with Crippen molar-refractivity contribution in [3.05, 3.63) is 18.1 Å². The average molecular weight is 277 g/mol. The van der Waals surface area contributed by atoms with Gasteiger partial charge in [0.05, 0.1) is 11.7 Å². The zero-order valence-corrected chi connectivity index (χ0v) is 12.1. The van der Waals surface area contributed by atoms with E-state index in [2.05, 4.69) is 27.9 Å². The highest BCUT2D eigenvalue weighted by molar-refractivity contribution is 5.39. The lowest BCUT2D eigenvalue weighted by Gasteiger charge is -2.47. The van der Waals surface area contributed by atoms with Crippen LogP contribution in [-0.2, 0) is 11.2 Å². The number of aromatic nitrogens is 2. The summed E-state index contributed by atoms with van der Waals surface area (Å²) in [6, 6.07) is 2.07. The average Bonchev–Trinajstić information content (AvgIpc) is 2.51. The van der Waals surface area contributed by atoms with E-state index in [0.29, 0.717) is 0 Å². The Balaban J connectivity index is 1.68. The SMILES string of the molecule is CCc1cc(N2CCC3(CC2)OCCCC3O)ncn1. The summed E-state index contributed by atoms with van der Waals surface area (Å²) in [6.45, 7) is 4.66. The van der Waals surface area contributed by atoms with Gasteiger partial charge >= 0.3 is 0 Å². The minimum absolute atomic E-state index is 0.310. The molecule has 1 aromatic rings. The number of anilines is 1. The van der Waals surface area contributed by atoms with E-state index in [1.807, 2.05) is 0 Å². The number of aliphatic hydroxyl groups excluding tert-OH is 1. The minimum Gasteiger partial charge on any atom is -0.390 e. The minimum atomic E-state index is -0.310. The van der Waals surface area contributed by atoms with Crippen molar-refractivity contribution in [2.75, 3.05) is 24.6 Å². The standard InChI is InChI=1S/C15H23N3O2/c1-2-12-10-14(17-11-16-12)18-7-5-15(6-8-18)13(19)4-3-9-20-15/h10-11,13,19H,2-9H2,1H3. The Bertz CT molecular complexity index is 458. The molecule has 1 unspecified atom stereocenters. The predicted octanol–water partition coefficient (Wildman–Crippen LogP) is 1.55. The molecule has 0 saturated carbocycles. The van der Waals surface area contributed by atoms with Crippen LogP contribution in [0, 0.1) is 0 Å². The van der Waals surface area contributed by atoms with Crippen LogP contribution in [0.15, 0.2) is 12.4 Å². The van der Waals surface area contributed by atoms with Crippen LogP contribution in [0.2, 0.25) is 0 Å². The number of nitrogens with zero attached hydrogens (tertiary/aromatic N) is 3. The van der Waals surface area contributed by atoms with E-state index in [4.69, 9.17) is 4.74 Å². The number of ether oxygens (including phenoxy) is 1. The van der Waals surface area contributed by atoms with Crippen molar-refractivity contribution in [1.82, 2.24) is 9.97 Å². The highest BCUT2D eigenvalue weighted by atomic mass is 16.5. The molecular formula is C15H23N3O2. The van der Waals surface area contributed by atoms with Crippen molar-refractivity contribution in [2.45, 2.75) is 50.7 Å². The molecule has 20 heavy (non-hydrogen) atoms. The van der Waals surface area contributed by atoms with E-state index in [1.54, 1.807) is 6.33 Å². The molecule has 0 aliphatic carbocycles. The van der Waals surface area contributed by atoms with Gasteiger partial charge in [-0.3, -0.25) is 0 Å². The number of aryl methyl sites for hydroxylation is 1. The van der Waals surface area contributed by atoms with Gasteiger partial charge in [-0.2, -0.15) is 0 Å². The first kappa shape index (κ1) is 13.8. The smallest absolute Gasteiger partial charge is 0.132 e. The second-order valence-electron chi connectivity index (χ2n) is 5.78. The molecule has 3 rings (SSSR count). The van der Waals surface area contributed by atoms with Crippen LogP contribution in [-0.4, -0.2) is 46.5 Å². The molecule has 1 N–H and O–H groups in total. The van der Waals surface area contributed by atoms with Crippen LogP contribution in [0.3, 0.4) is 0 Å². The largest absolute Gasteiger partial charge is 0.390 e. The lowest BCUT2D eigenvalue weighted by atomic mass is 9.82. The Hall–Kier alpha value is -1.20. The predicted molar refractivity (Wildman–Crippen MR) is 76.8 cm³/mol. The van der Waals surface area contributed by atoms with Gasteiger partial charge in [-0.25, -0.2) is 9.97 Å². The van der Waals surface area contributed by atoms with E-state index in [1.165, 1.54) is 0 Å². The molecule has 5 nitrogen and oxygen atoms in total. The summed E-state index contributed by atoms with van der Waals surface area (Å²) in [5, 5.41) is 10.3. The fraction of sp³-hybridized carbons (Fsp3) is 0.733. The van der Waals surface area contributed by atoms with E-state index in [9.17, 15) is 5.11 Å². The Labute approximate surface area is 120 Å². The fourth-order valence-corrected chi connectivity index (χ4v) is 3.26. The van der Waals surface area contributed by atoms with Gasteiger partial charge in [0, 0.05) is 31.5 Å². The van der Waals surface area contributed by atoms with Gasteiger partial charge in [0.2, 0.25) is 0 Å². The van der Waals surface area contributed by atoms with Crippen LogP contribution < -0.4 is 4.90 Å². The van der Waals surface area contributed by atoms with Gasteiger partial charge in [0.25, 0.3) is 0 Å². The van der Waals surface area contributed by atoms with Gasteiger partial charge in [-0.1, -0.05) is 6.92 Å². The summed E-state index contributed by atoms with van der Waals surface area (Å²) in [5.74, 6) is 0.997. The van der Waals surface area contributed by atoms with E-state index in [-0.39, 0.29) is 11.7 Å². The van der Waals surface area contributed by atoms with Crippen molar-refractivity contribution in [1.29, 1.82) is 0 Å². The lowest BCUT2D eigenvalue weighted by Crippen LogP contribution is -2.55. The zero-order chi connectivity index (χ0) is 14.0. The number of hydrogen-bond donors (Lipinski definition) is 1. The van der Waals surface area contributed by atoms with E-state index >= 15 is 0 Å². The summed E-state index contributed by atoms with van der Waals surface area (Å²) in [5.41, 5.74) is 0.763. The molecule has 0 radical (unpaired) electrons. The van der Waals surface area contributed by atoms with Crippen LogP contribution in [0.1, 0.15) is 38.3 Å². The number of piperidine rings is 1. The quantitative estimate of drug-likeness (QED) is 0.889. The van der Waals surface area contributed by atoms with Gasteiger partial charge < -0.3 is 14.7 Å². The molecule has 110 valence electrons. The zero-order valence-electron chi connectivity index (χ0n) is 12.1.